The monoisotopic (exact) mass is 310 g/mol. The minimum absolute atomic E-state index is 0.105. The van der Waals surface area contributed by atoms with E-state index in [0.717, 1.165) is 22.8 Å². The molecule has 0 aliphatic carbocycles. The molecule has 1 atom stereocenters. The quantitative estimate of drug-likeness (QED) is 0.850. The lowest BCUT2D eigenvalue weighted by Gasteiger charge is -2.14. The highest BCUT2D eigenvalue weighted by atomic mass is 32.2. The largest absolute Gasteiger partial charge is 0.497 e. The number of rotatable bonds is 4. The molecule has 2 aliphatic heterocycles. The summed E-state index contributed by atoms with van der Waals surface area (Å²) < 4.78 is 21.6. The van der Waals surface area contributed by atoms with Crippen molar-refractivity contribution in [3.8, 4) is 11.5 Å². The third-order valence-electron chi connectivity index (χ3n) is 3.50. The highest BCUT2D eigenvalue weighted by molar-refractivity contribution is 8.00. The van der Waals surface area contributed by atoms with Crippen molar-refractivity contribution in [2.75, 3.05) is 26.9 Å². The van der Waals surface area contributed by atoms with E-state index in [2.05, 4.69) is 0 Å². The van der Waals surface area contributed by atoms with Crippen LogP contribution < -0.4 is 9.47 Å². The molecule has 21 heavy (non-hydrogen) atoms. The summed E-state index contributed by atoms with van der Waals surface area (Å²) in [4.78, 5) is 13.1. The van der Waals surface area contributed by atoms with E-state index < -0.39 is 0 Å². The average molecular weight is 310 g/mol. The maximum atomic E-state index is 12.2. The van der Waals surface area contributed by atoms with Crippen molar-refractivity contribution in [1.82, 2.24) is 0 Å². The van der Waals surface area contributed by atoms with Gasteiger partial charge in [0.05, 0.1) is 30.5 Å². The summed E-state index contributed by atoms with van der Waals surface area (Å²) in [7, 11) is 1.63. The summed E-state index contributed by atoms with van der Waals surface area (Å²) in [5.41, 5.74) is 0. The maximum absolute atomic E-state index is 12.2. The van der Waals surface area contributed by atoms with Crippen LogP contribution in [0.25, 0.3) is 0 Å². The fraction of sp³-hybridized carbons (Fsp3) is 0.533. The Labute approximate surface area is 127 Å². The maximum Gasteiger partial charge on any atom is 0.183 e. The summed E-state index contributed by atoms with van der Waals surface area (Å²) in [6.45, 7) is 1.39. The highest BCUT2D eigenvalue weighted by Crippen LogP contribution is 2.39. The molecule has 1 unspecified atom stereocenters. The zero-order valence-electron chi connectivity index (χ0n) is 11.9. The number of ketones is 1. The van der Waals surface area contributed by atoms with E-state index >= 15 is 0 Å². The zero-order valence-corrected chi connectivity index (χ0v) is 12.7. The van der Waals surface area contributed by atoms with Crippen LogP contribution >= 0.6 is 11.8 Å². The Bertz CT molecular complexity index is 513. The van der Waals surface area contributed by atoms with E-state index in [4.69, 9.17) is 18.9 Å². The van der Waals surface area contributed by atoms with E-state index in [1.165, 1.54) is 11.8 Å². The number of ether oxygens (including phenoxy) is 4. The zero-order chi connectivity index (χ0) is 14.7. The third kappa shape index (κ3) is 3.51. The lowest BCUT2D eigenvalue weighted by molar-refractivity contribution is -0.120. The molecule has 0 spiro atoms. The molecule has 1 aromatic rings. The average Bonchev–Trinajstić information content (AvgIpc) is 2.97. The van der Waals surface area contributed by atoms with Gasteiger partial charge < -0.3 is 18.9 Å². The van der Waals surface area contributed by atoms with Gasteiger partial charge in [0, 0.05) is 0 Å². The van der Waals surface area contributed by atoms with Crippen molar-refractivity contribution in [2.45, 2.75) is 29.3 Å². The van der Waals surface area contributed by atoms with Crippen molar-refractivity contribution in [1.29, 1.82) is 0 Å². The van der Waals surface area contributed by atoms with Gasteiger partial charge in [0.15, 0.2) is 12.1 Å². The van der Waals surface area contributed by atoms with Gasteiger partial charge in [-0.25, -0.2) is 0 Å². The Morgan fingerprint density at radius 3 is 2.86 bits per heavy atom. The number of carbonyl (C=O) groups is 1. The molecule has 114 valence electrons. The molecule has 5 nitrogen and oxygen atoms in total. The molecular weight excluding hydrogens is 292 g/mol. The highest BCUT2D eigenvalue weighted by Gasteiger charge is 2.28. The van der Waals surface area contributed by atoms with Crippen molar-refractivity contribution in [3.63, 3.8) is 0 Å². The van der Waals surface area contributed by atoms with E-state index in [-0.39, 0.29) is 23.9 Å². The minimum Gasteiger partial charge on any atom is -0.497 e. The van der Waals surface area contributed by atoms with Gasteiger partial charge in [0.1, 0.15) is 18.1 Å². The molecule has 0 radical (unpaired) electrons. The van der Waals surface area contributed by atoms with Crippen LogP contribution in [0, 0.1) is 0 Å². The van der Waals surface area contributed by atoms with Crippen molar-refractivity contribution in [2.24, 2.45) is 0 Å². The molecule has 2 heterocycles. The van der Waals surface area contributed by atoms with Crippen LogP contribution in [-0.2, 0) is 14.3 Å². The number of benzene rings is 1. The number of thioether (sulfide) groups is 1. The number of carbonyl (C=O) groups excluding carboxylic acids is 1. The van der Waals surface area contributed by atoms with Gasteiger partial charge in [-0.1, -0.05) is 0 Å². The van der Waals surface area contributed by atoms with Gasteiger partial charge in [0.2, 0.25) is 0 Å². The van der Waals surface area contributed by atoms with Crippen LogP contribution in [0.3, 0.4) is 0 Å². The van der Waals surface area contributed by atoms with Gasteiger partial charge in [-0.15, -0.1) is 11.8 Å². The molecule has 0 bridgehead atoms. The fourth-order valence-corrected chi connectivity index (χ4v) is 3.56. The van der Waals surface area contributed by atoms with Crippen LogP contribution in [0.5, 0.6) is 11.5 Å². The Balaban J connectivity index is 1.69. The first-order valence-electron chi connectivity index (χ1n) is 6.99. The van der Waals surface area contributed by atoms with Crippen LogP contribution in [0.15, 0.2) is 23.1 Å². The summed E-state index contributed by atoms with van der Waals surface area (Å²) in [5.74, 6) is 1.61. The molecular formula is C15H18O5S. The van der Waals surface area contributed by atoms with Gasteiger partial charge in [-0.2, -0.15) is 0 Å². The third-order valence-corrected chi connectivity index (χ3v) is 4.86. The summed E-state index contributed by atoms with van der Waals surface area (Å²) in [6.07, 6.45) is 1.27. The molecule has 1 saturated heterocycles. The lowest BCUT2D eigenvalue weighted by atomic mass is 10.1. The van der Waals surface area contributed by atoms with Crippen molar-refractivity contribution < 1.29 is 23.7 Å². The summed E-state index contributed by atoms with van der Waals surface area (Å²) in [5, 5.41) is -0.133. The number of methoxy groups -OCH3 is 1. The minimum atomic E-state index is -0.174. The van der Waals surface area contributed by atoms with Gasteiger partial charge in [-0.3, -0.25) is 4.79 Å². The van der Waals surface area contributed by atoms with Crippen LogP contribution in [0.2, 0.25) is 0 Å². The van der Waals surface area contributed by atoms with Crippen LogP contribution in [-0.4, -0.2) is 44.3 Å². The molecule has 1 aromatic carbocycles. The van der Waals surface area contributed by atoms with Crippen molar-refractivity contribution in [3.05, 3.63) is 18.2 Å². The van der Waals surface area contributed by atoms with Crippen LogP contribution in [0.4, 0.5) is 0 Å². The van der Waals surface area contributed by atoms with Gasteiger partial charge in [0.25, 0.3) is 0 Å². The molecule has 2 aliphatic rings. The number of hydrogen-bond donors (Lipinski definition) is 0. The van der Waals surface area contributed by atoms with E-state index in [1.807, 2.05) is 18.2 Å². The Kier molecular flexibility index (Phi) is 4.67. The van der Waals surface area contributed by atoms with E-state index in [0.29, 0.717) is 19.6 Å². The first-order valence-corrected chi connectivity index (χ1v) is 7.87. The Morgan fingerprint density at radius 1 is 1.29 bits per heavy atom. The molecule has 3 rings (SSSR count). The molecule has 6 heteroatoms. The smallest absolute Gasteiger partial charge is 0.183 e. The summed E-state index contributed by atoms with van der Waals surface area (Å²) in [6, 6.07) is 5.60. The molecule has 0 N–H and O–H groups in total. The number of Topliss-reactive ketones (excluding diaryl/α,β-unsaturated/α-hetero) is 1. The number of fused-ring (bicyclic) bond motifs is 1. The second-order valence-corrected chi connectivity index (χ2v) is 6.17. The molecule has 0 amide bonds. The number of hydrogen-bond acceptors (Lipinski definition) is 6. The first-order chi connectivity index (χ1) is 10.3. The molecule has 0 aromatic heterocycles. The first kappa shape index (κ1) is 14.7. The fourth-order valence-electron chi connectivity index (χ4n) is 2.37. The second kappa shape index (κ2) is 6.68. The van der Waals surface area contributed by atoms with Crippen molar-refractivity contribution >= 4 is 17.5 Å². The Hall–Kier alpha value is -1.24. The Morgan fingerprint density at radius 2 is 2.10 bits per heavy atom. The van der Waals surface area contributed by atoms with Gasteiger partial charge in [-0.05, 0) is 31.0 Å². The predicted molar refractivity (Wildman–Crippen MR) is 78.1 cm³/mol. The summed E-state index contributed by atoms with van der Waals surface area (Å²) >= 11 is 1.53. The second-order valence-electron chi connectivity index (χ2n) is 4.92. The standard InChI is InChI=1S/C15H18O5S/c1-17-10-2-3-12-14(8-10)21-13(11(16)9-20-12)4-5-15-18-6-7-19-15/h2-3,8,13,15H,4-7,9H2,1H3. The normalized spacial score (nSPS) is 22.5. The predicted octanol–water partition coefficient (Wildman–Crippen LogP) is 2.27. The van der Waals surface area contributed by atoms with E-state index in [1.54, 1.807) is 7.11 Å². The molecule has 1 fully saturated rings. The SMILES string of the molecule is COc1ccc2c(c1)SC(CCC1OCCO1)C(=O)CO2. The molecule has 0 saturated carbocycles. The van der Waals surface area contributed by atoms with E-state index in [9.17, 15) is 4.79 Å². The van der Waals surface area contributed by atoms with Gasteiger partial charge >= 0.3 is 0 Å². The van der Waals surface area contributed by atoms with Crippen LogP contribution in [0.1, 0.15) is 12.8 Å². The topological polar surface area (TPSA) is 54.0 Å². The lowest BCUT2D eigenvalue weighted by Crippen LogP contribution is -2.23.